The van der Waals surface area contributed by atoms with Crippen LogP contribution in [-0.4, -0.2) is 38.3 Å². The molecule has 1 saturated heterocycles. The molecule has 5 nitrogen and oxygen atoms in total. The Morgan fingerprint density at radius 2 is 1.78 bits per heavy atom. The summed E-state index contributed by atoms with van der Waals surface area (Å²) >= 11 is 6.14. The van der Waals surface area contributed by atoms with Gasteiger partial charge in [-0.2, -0.15) is 4.31 Å². The molecule has 27 heavy (non-hydrogen) atoms. The van der Waals surface area contributed by atoms with Crippen LogP contribution in [0.3, 0.4) is 0 Å². The molecule has 0 aromatic heterocycles. The highest BCUT2D eigenvalue weighted by molar-refractivity contribution is 7.89. The molecule has 0 saturated carbocycles. The minimum absolute atomic E-state index is 0.114. The van der Waals surface area contributed by atoms with E-state index in [1.54, 1.807) is 0 Å². The summed E-state index contributed by atoms with van der Waals surface area (Å²) in [4.78, 5) is 12.6. The number of rotatable bonds is 7. The van der Waals surface area contributed by atoms with Crippen molar-refractivity contribution in [3.05, 3.63) is 64.7 Å². The van der Waals surface area contributed by atoms with Crippen LogP contribution < -0.4 is 5.32 Å². The van der Waals surface area contributed by atoms with Gasteiger partial charge in [0.2, 0.25) is 10.0 Å². The van der Waals surface area contributed by atoms with Crippen molar-refractivity contribution >= 4 is 27.5 Å². The van der Waals surface area contributed by atoms with Crippen molar-refractivity contribution in [2.24, 2.45) is 0 Å². The van der Waals surface area contributed by atoms with Gasteiger partial charge in [0, 0.05) is 19.6 Å². The Bertz CT molecular complexity index is 895. The summed E-state index contributed by atoms with van der Waals surface area (Å²) in [5.74, 6) is -0.355. The highest BCUT2D eigenvalue weighted by Crippen LogP contribution is 2.25. The molecule has 0 unspecified atom stereocenters. The van der Waals surface area contributed by atoms with E-state index < -0.39 is 10.0 Å². The number of halogens is 1. The van der Waals surface area contributed by atoms with Crippen molar-refractivity contribution < 1.29 is 13.2 Å². The minimum atomic E-state index is -3.58. The van der Waals surface area contributed by atoms with Crippen LogP contribution in [0.1, 0.15) is 35.2 Å². The first kappa shape index (κ1) is 19.9. The predicted octanol–water partition coefficient (Wildman–Crippen LogP) is 3.49. The van der Waals surface area contributed by atoms with Gasteiger partial charge in [-0.05, 0) is 49.4 Å². The van der Waals surface area contributed by atoms with E-state index in [2.05, 4.69) is 5.32 Å². The Balaban J connectivity index is 1.64. The second-order valence-electron chi connectivity index (χ2n) is 6.60. The van der Waals surface area contributed by atoms with Gasteiger partial charge in [-0.3, -0.25) is 4.79 Å². The smallest absolute Gasteiger partial charge is 0.252 e. The van der Waals surface area contributed by atoms with Crippen molar-refractivity contribution in [3.63, 3.8) is 0 Å². The van der Waals surface area contributed by atoms with Gasteiger partial charge >= 0.3 is 0 Å². The molecule has 1 aliphatic heterocycles. The maximum Gasteiger partial charge on any atom is 0.252 e. The van der Waals surface area contributed by atoms with E-state index in [1.165, 1.54) is 28.1 Å². The zero-order valence-electron chi connectivity index (χ0n) is 15.0. The summed E-state index contributed by atoms with van der Waals surface area (Å²) < 4.78 is 26.8. The lowest BCUT2D eigenvalue weighted by molar-refractivity contribution is 0.0953. The first-order valence-corrected chi connectivity index (χ1v) is 10.9. The molecule has 0 aliphatic carbocycles. The molecular weight excluding hydrogens is 384 g/mol. The van der Waals surface area contributed by atoms with E-state index in [1.807, 2.05) is 30.3 Å². The maximum absolute atomic E-state index is 12.7. The molecule has 1 fully saturated rings. The third kappa shape index (κ3) is 4.89. The SMILES string of the molecule is O=C(NCCCc1ccccc1)c1cc(S(=O)(=O)N2CCCC2)ccc1Cl. The topological polar surface area (TPSA) is 66.5 Å². The zero-order chi connectivity index (χ0) is 19.3. The highest BCUT2D eigenvalue weighted by atomic mass is 35.5. The summed E-state index contributed by atoms with van der Waals surface area (Å²) in [6.45, 7) is 1.53. The van der Waals surface area contributed by atoms with E-state index in [0.29, 0.717) is 19.6 Å². The fraction of sp³-hybridized carbons (Fsp3) is 0.350. The molecule has 1 amide bonds. The van der Waals surface area contributed by atoms with Gasteiger partial charge in [0.05, 0.1) is 15.5 Å². The van der Waals surface area contributed by atoms with Crippen LogP contribution in [0.25, 0.3) is 0 Å². The summed E-state index contributed by atoms with van der Waals surface area (Å²) in [6, 6.07) is 14.3. The van der Waals surface area contributed by atoms with Crippen molar-refractivity contribution in [1.82, 2.24) is 9.62 Å². The molecule has 1 aliphatic rings. The first-order chi connectivity index (χ1) is 13.0. The lowest BCUT2D eigenvalue weighted by Crippen LogP contribution is -2.29. The first-order valence-electron chi connectivity index (χ1n) is 9.10. The number of carbonyl (C=O) groups is 1. The van der Waals surface area contributed by atoms with Crippen LogP contribution in [-0.2, 0) is 16.4 Å². The molecule has 0 atom stereocenters. The van der Waals surface area contributed by atoms with E-state index in [0.717, 1.165) is 25.7 Å². The van der Waals surface area contributed by atoms with Crippen molar-refractivity contribution in [1.29, 1.82) is 0 Å². The lowest BCUT2D eigenvalue weighted by Gasteiger charge is -2.16. The number of aryl methyl sites for hydroxylation is 1. The summed E-state index contributed by atoms with van der Waals surface area (Å²) in [5.41, 5.74) is 1.40. The second-order valence-corrected chi connectivity index (χ2v) is 8.94. The molecule has 7 heteroatoms. The highest BCUT2D eigenvalue weighted by Gasteiger charge is 2.28. The Hall–Kier alpha value is -1.89. The number of benzene rings is 2. The van der Waals surface area contributed by atoms with E-state index in [9.17, 15) is 13.2 Å². The molecule has 0 bridgehead atoms. The normalized spacial score (nSPS) is 15.0. The molecule has 3 rings (SSSR count). The van der Waals surface area contributed by atoms with Gasteiger partial charge in [-0.1, -0.05) is 41.9 Å². The third-order valence-electron chi connectivity index (χ3n) is 4.66. The number of carbonyl (C=O) groups excluding carboxylic acids is 1. The number of hydrogen-bond donors (Lipinski definition) is 1. The maximum atomic E-state index is 12.7. The zero-order valence-corrected chi connectivity index (χ0v) is 16.6. The molecule has 0 spiro atoms. The van der Waals surface area contributed by atoms with Crippen LogP contribution in [0, 0.1) is 0 Å². The number of hydrogen-bond acceptors (Lipinski definition) is 3. The van der Waals surface area contributed by atoms with Crippen molar-refractivity contribution in [3.8, 4) is 0 Å². The summed E-state index contributed by atoms with van der Waals surface area (Å²) in [5, 5.41) is 3.07. The fourth-order valence-corrected chi connectivity index (χ4v) is 4.90. The van der Waals surface area contributed by atoms with Crippen molar-refractivity contribution in [2.75, 3.05) is 19.6 Å². The molecule has 1 heterocycles. The minimum Gasteiger partial charge on any atom is -0.352 e. The monoisotopic (exact) mass is 406 g/mol. The van der Waals surface area contributed by atoms with Gasteiger partial charge in [-0.25, -0.2) is 8.42 Å². The van der Waals surface area contributed by atoms with Crippen LogP contribution >= 0.6 is 11.6 Å². The number of amides is 1. The van der Waals surface area contributed by atoms with Gasteiger partial charge in [0.15, 0.2) is 0 Å². The van der Waals surface area contributed by atoms with Gasteiger partial charge < -0.3 is 5.32 Å². The quantitative estimate of drug-likeness (QED) is 0.716. The number of nitrogens with one attached hydrogen (secondary N) is 1. The van der Waals surface area contributed by atoms with Crippen molar-refractivity contribution in [2.45, 2.75) is 30.6 Å². The number of sulfonamides is 1. The Labute approximate surface area is 165 Å². The third-order valence-corrected chi connectivity index (χ3v) is 6.88. The van der Waals surface area contributed by atoms with Crippen LogP contribution in [0.15, 0.2) is 53.4 Å². The lowest BCUT2D eigenvalue weighted by atomic mass is 10.1. The van der Waals surface area contributed by atoms with E-state index in [-0.39, 0.29) is 21.4 Å². The summed E-state index contributed by atoms with van der Waals surface area (Å²) in [7, 11) is -3.58. The molecule has 0 radical (unpaired) electrons. The average molecular weight is 407 g/mol. The van der Waals surface area contributed by atoms with Crippen LogP contribution in [0.5, 0.6) is 0 Å². The predicted molar refractivity (Wildman–Crippen MR) is 107 cm³/mol. The van der Waals surface area contributed by atoms with E-state index >= 15 is 0 Å². The Kier molecular flexibility index (Phi) is 6.52. The molecule has 144 valence electrons. The van der Waals surface area contributed by atoms with Gasteiger partial charge in [0.1, 0.15) is 0 Å². The fourth-order valence-electron chi connectivity index (χ4n) is 3.15. The Morgan fingerprint density at radius 3 is 2.48 bits per heavy atom. The van der Waals surface area contributed by atoms with Crippen LogP contribution in [0.2, 0.25) is 5.02 Å². The second kappa shape index (κ2) is 8.87. The number of nitrogens with zero attached hydrogens (tertiary/aromatic N) is 1. The largest absolute Gasteiger partial charge is 0.352 e. The van der Waals surface area contributed by atoms with Crippen LogP contribution in [0.4, 0.5) is 0 Å². The Morgan fingerprint density at radius 1 is 1.07 bits per heavy atom. The van der Waals surface area contributed by atoms with Gasteiger partial charge in [-0.15, -0.1) is 0 Å². The standard InChI is InChI=1S/C20H23ClN2O3S/c21-19-11-10-17(27(25,26)23-13-4-5-14-23)15-18(19)20(24)22-12-6-9-16-7-2-1-3-8-16/h1-3,7-8,10-11,15H,4-6,9,12-14H2,(H,22,24). The molecule has 2 aromatic carbocycles. The average Bonchev–Trinajstić information content (AvgIpc) is 3.22. The molecule has 2 aromatic rings. The summed E-state index contributed by atoms with van der Waals surface area (Å²) in [6.07, 6.45) is 3.38. The van der Waals surface area contributed by atoms with Gasteiger partial charge in [0.25, 0.3) is 5.91 Å². The molecule has 1 N–H and O–H groups in total. The van der Waals surface area contributed by atoms with E-state index in [4.69, 9.17) is 11.6 Å². The molecular formula is C20H23ClN2O3S.